The molecule has 2 amide bonds. The van der Waals surface area contributed by atoms with Crippen molar-refractivity contribution in [1.29, 1.82) is 0 Å². The summed E-state index contributed by atoms with van der Waals surface area (Å²) in [5.41, 5.74) is 2.14. The summed E-state index contributed by atoms with van der Waals surface area (Å²) in [6.45, 7) is 0. The van der Waals surface area contributed by atoms with Crippen molar-refractivity contribution >= 4 is 11.8 Å². The summed E-state index contributed by atoms with van der Waals surface area (Å²) in [7, 11) is 0. The van der Waals surface area contributed by atoms with E-state index in [2.05, 4.69) is 5.32 Å². The van der Waals surface area contributed by atoms with Crippen molar-refractivity contribution in [3.05, 3.63) is 35.4 Å². The van der Waals surface area contributed by atoms with E-state index >= 15 is 0 Å². The molecule has 3 heterocycles. The minimum atomic E-state index is -0.313. The van der Waals surface area contributed by atoms with Crippen LogP contribution in [-0.4, -0.2) is 11.8 Å². The van der Waals surface area contributed by atoms with Gasteiger partial charge in [-0.3, -0.25) is 14.9 Å². The summed E-state index contributed by atoms with van der Waals surface area (Å²) in [6, 6.07) is 7.83. The van der Waals surface area contributed by atoms with Crippen LogP contribution in [0.2, 0.25) is 0 Å². The zero-order chi connectivity index (χ0) is 10.9. The van der Waals surface area contributed by atoms with Crippen molar-refractivity contribution in [2.75, 3.05) is 0 Å². The van der Waals surface area contributed by atoms with Gasteiger partial charge >= 0.3 is 0 Å². The largest absolute Gasteiger partial charge is 0.364 e. The molecule has 4 rings (SSSR count). The number of rotatable bonds is 0. The molecule has 4 heteroatoms. The molecule has 1 N–H and O–H groups in total. The van der Waals surface area contributed by atoms with Gasteiger partial charge in [0.05, 0.1) is 24.0 Å². The van der Waals surface area contributed by atoms with E-state index in [1.807, 2.05) is 24.3 Å². The highest BCUT2D eigenvalue weighted by Gasteiger charge is 2.61. The van der Waals surface area contributed by atoms with Crippen molar-refractivity contribution in [3.8, 4) is 0 Å². The molecule has 0 radical (unpaired) electrons. The lowest BCUT2D eigenvalue weighted by atomic mass is 9.77. The Labute approximate surface area is 91.6 Å². The Morgan fingerprint density at radius 1 is 0.938 bits per heavy atom. The summed E-state index contributed by atoms with van der Waals surface area (Å²) in [5.74, 6) is -0.992. The van der Waals surface area contributed by atoms with E-state index in [9.17, 15) is 9.59 Å². The molecule has 4 atom stereocenters. The van der Waals surface area contributed by atoms with Crippen LogP contribution in [0.1, 0.15) is 23.3 Å². The van der Waals surface area contributed by atoms with Gasteiger partial charge in [-0.05, 0) is 11.1 Å². The zero-order valence-electron chi connectivity index (χ0n) is 8.34. The van der Waals surface area contributed by atoms with Crippen LogP contribution in [0.25, 0.3) is 0 Å². The Morgan fingerprint density at radius 2 is 1.44 bits per heavy atom. The number of fused-ring (bicyclic) bond motifs is 8. The maximum absolute atomic E-state index is 11.7. The first-order valence-corrected chi connectivity index (χ1v) is 5.36. The third-order valence-electron chi connectivity index (χ3n) is 3.79. The van der Waals surface area contributed by atoms with Gasteiger partial charge in [-0.2, -0.15) is 0 Å². The minimum absolute atomic E-state index is 0.183. The fraction of sp³-hybridized carbons (Fsp3) is 0.333. The molecule has 0 saturated carbocycles. The number of amides is 2. The molecule has 80 valence electrons. The van der Waals surface area contributed by atoms with Gasteiger partial charge < -0.3 is 4.74 Å². The van der Waals surface area contributed by atoms with Gasteiger partial charge in [0, 0.05) is 0 Å². The van der Waals surface area contributed by atoms with Crippen LogP contribution in [0.3, 0.4) is 0 Å². The van der Waals surface area contributed by atoms with Gasteiger partial charge in [-0.1, -0.05) is 24.3 Å². The lowest BCUT2D eigenvalue weighted by molar-refractivity contribution is -0.129. The van der Waals surface area contributed by atoms with Crippen molar-refractivity contribution in [2.24, 2.45) is 11.8 Å². The molecule has 2 saturated heterocycles. The molecule has 1 aromatic rings. The second-order valence-corrected chi connectivity index (χ2v) is 4.51. The molecule has 2 bridgehead atoms. The van der Waals surface area contributed by atoms with Crippen LogP contribution < -0.4 is 5.32 Å². The number of carbonyl (C=O) groups excluding carboxylic acids is 2. The number of hydrogen-bond donors (Lipinski definition) is 1. The fourth-order valence-corrected chi connectivity index (χ4v) is 3.16. The van der Waals surface area contributed by atoms with Crippen molar-refractivity contribution < 1.29 is 14.3 Å². The van der Waals surface area contributed by atoms with Crippen LogP contribution in [0.15, 0.2) is 24.3 Å². The molecule has 3 aliphatic heterocycles. The first kappa shape index (κ1) is 8.47. The molecule has 0 aromatic heterocycles. The molecule has 1 aromatic carbocycles. The maximum Gasteiger partial charge on any atom is 0.233 e. The zero-order valence-corrected chi connectivity index (χ0v) is 8.34. The van der Waals surface area contributed by atoms with Crippen molar-refractivity contribution in [3.63, 3.8) is 0 Å². The molecule has 0 aliphatic carbocycles. The lowest BCUT2D eigenvalue weighted by Crippen LogP contribution is -2.25. The van der Waals surface area contributed by atoms with Crippen LogP contribution in [-0.2, 0) is 14.3 Å². The van der Waals surface area contributed by atoms with Crippen LogP contribution in [0.4, 0.5) is 0 Å². The highest BCUT2D eigenvalue weighted by molar-refractivity contribution is 6.06. The number of hydrogen-bond acceptors (Lipinski definition) is 3. The Balaban J connectivity index is 1.92. The van der Waals surface area contributed by atoms with Crippen molar-refractivity contribution in [2.45, 2.75) is 12.2 Å². The van der Waals surface area contributed by atoms with E-state index in [0.717, 1.165) is 11.1 Å². The van der Waals surface area contributed by atoms with Crippen LogP contribution in [0, 0.1) is 11.8 Å². The Morgan fingerprint density at radius 3 is 1.94 bits per heavy atom. The normalized spacial score (nSPS) is 38.5. The third kappa shape index (κ3) is 0.769. The van der Waals surface area contributed by atoms with Crippen LogP contribution >= 0.6 is 0 Å². The van der Waals surface area contributed by atoms with Gasteiger partial charge in [0.2, 0.25) is 11.8 Å². The number of imide groups is 1. The molecular formula is C12H9NO3. The average Bonchev–Trinajstić information content (AvgIpc) is 2.91. The number of carbonyl (C=O) groups is 2. The molecular weight excluding hydrogens is 206 g/mol. The van der Waals surface area contributed by atoms with E-state index < -0.39 is 0 Å². The summed E-state index contributed by atoms with van der Waals surface area (Å²) >= 11 is 0. The van der Waals surface area contributed by atoms with Gasteiger partial charge in [-0.25, -0.2) is 0 Å². The first-order chi connectivity index (χ1) is 7.77. The summed E-state index contributed by atoms with van der Waals surface area (Å²) in [5, 5.41) is 2.40. The van der Waals surface area contributed by atoms with E-state index in [4.69, 9.17) is 4.74 Å². The second-order valence-electron chi connectivity index (χ2n) is 4.51. The van der Waals surface area contributed by atoms with Gasteiger partial charge in [0.15, 0.2) is 0 Å². The lowest BCUT2D eigenvalue weighted by Gasteiger charge is -2.19. The topological polar surface area (TPSA) is 55.4 Å². The Bertz CT molecular complexity index is 480. The van der Waals surface area contributed by atoms with Gasteiger partial charge in [-0.15, -0.1) is 0 Å². The predicted octanol–water partition coefficient (Wildman–Crippen LogP) is 0.701. The Kier molecular flexibility index (Phi) is 1.33. The molecule has 0 spiro atoms. The standard InChI is InChI=1S/C12H9NO3/c14-11-7-8(12(15)13-11)10-6-4-2-1-3-5(6)9(7)16-10/h1-4,7-10H,(H,13,14,15)/t7-,8+,9-,10+. The predicted molar refractivity (Wildman–Crippen MR) is 53.1 cm³/mol. The van der Waals surface area contributed by atoms with E-state index in [0.29, 0.717) is 0 Å². The number of nitrogens with one attached hydrogen (secondary N) is 1. The minimum Gasteiger partial charge on any atom is -0.364 e. The molecule has 16 heavy (non-hydrogen) atoms. The van der Waals surface area contributed by atoms with Gasteiger partial charge in [0.1, 0.15) is 0 Å². The summed E-state index contributed by atoms with van der Waals surface area (Å²) in [6.07, 6.45) is -0.449. The molecule has 4 nitrogen and oxygen atoms in total. The second kappa shape index (κ2) is 2.52. The molecule has 3 aliphatic rings. The van der Waals surface area contributed by atoms with E-state index in [1.165, 1.54) is 0 Å². The smallest absolute Gasteiger partial charge is 0.233 e. The van der Waals surface area contributed by atoms with Crippen LogP contribution in [0.5, 0.6) is 0 Å². The van der Waals surface area contributed by atoms with E-state index in [1.54, 1.807) is 0 Å². The van der Waals surface area contributed by atoms with Gasteiger partial charge in [0.25, 0.3) is 0 Å². The van der Waals surface area contributed by atoms with Crippen molar-refractivity contribution in [1.82, 2.24) is 5.32 Å². The quantitative estimate of drug-likeness (QED) is 0.648. The maximum atomic E-state index is 11.7. The first-order valence-electron chi connectivity index (χ1n) is 5.36. The number of ether oxygens (including phenoxy) is 1. The number of benzene rings is 1. The SMILES string of the molecule is O=C1NC(=O)[C@H]2[C@@H]1[C@@H]1O[C@H]2c2ccccc21. The third-order valence-corrected chi connectivity index (χ3v) is 3.79. The average molecular weight is 215 g/mol. The molecule has 0 unspecified atom stereocenters. The monoisotopic (exact) mass is 215 g/mol. The summed E-state index contributed by atoms with van der Waals surface area (Å²) < 4.78 is 5.77. The fourth-order valence-electron chi connectivity index (χ4n) is 3.16. The highest BCUT2D eigenvalue weighted by atomic mass is 16.5. The summed E-state index contributed by atoms with van der Waals surface area (Å²) in [4.78, 5) is 23.3. The van der Waals surface area contributed by atoms with E-state index in [-0.39, 0.29) is 35.9 Å². The molecule has 2 fully saturated rings. The highest BCUT2D eigenvalue weighted by Crippen LogP contribution is 2.58. The Hall–Kier alpha value is -1.68.